The quantitative estimate of drug-likeness (QED) is 0.191. The molecule has 0 bridgehead atoms. The number of fused-ring (bicyclic) bond motifs is 2. The van der Waals surface area contributed by atoms with Crippen LogP contribution in [0.25, 0.3) is 27.5 Å². The molecular formula is C42H48F3N7O7. The lowest BCUT2D eigenvalue weighted by Gasteiger charge is -2.40. The fourth-order valence-electron chi connectivity index (χ4n) is 7.44. The molecule has 2 fully saturated rings. The van der Waals surface area contributed by atoms with E-state index in [1.807, 2.05) is 13.8 Å². The van der Waals surface area contributed by atoms with Gasteiger partial charge in [0.25, 0.3) is 17.4 Å². The molecule has 5 heterocycles. The summed E-state index contributed by atoms with van der Waals surface area (Å²) in [5.41, 5.74) is 0.150. The fourth-order valence-corrected chi connectivity index (χ4v) is 7.44. The number of nitrogens with one attached hydrogen (secondary N) is 1. The fraction of sp³-hybridized carbons (Fsp3) is 0.429. The number of pyridine rings is 2. The molecule has 2 aliphatic rings. The number of anilines is 1. The van der Waals surface area contributed by atoms with Crippen LogP contribution in [0.15, 0.2) is 70.6 Å². The van der Waals surface area contributed by atoms with E-state index in [9.17, 15) is 28.0 Å². The number of alkyl halides is 2. The summed E-state index contributed by atoms with van der Waals surface area (Å²) in [5, 5.41) is 3.42. The van der Waals surface area contributed by atoms with E-state index in [1.54, 1.807) is 24.3 Å². The van der Waals surface area contributed by atoms with Gasteiger partial charge in [-0.1, -0.05) is 26.0 Å². The Bertz CT molecular complexity index is 2420. The van der Waals surface area contributed by atoms with Crippen molar-refractivity contribution in [1.29, 1.82) is 0 Å². The summed E-state index contributed by atoms with van der Waals surface area (Å²) < 4.78 is 63.6. The van der Waals surface area contributed by atoms with Gasteiger partial charge in [0.05, 0.1) is 60.3 Å². The van der Waals surface area contributed by atoms with Crippen LogP contribution in [0.4, 0.5) is 18.9 Å². The van der Waals surface area contributed by atoms with Gasteiger partial charge in [-0.3, -0.25) is 29.0 Å². The van der Waals surface area contributed by atoms with Gasteiger partial charge >= 0.3 is 11.7 Å². The van der Waals surface area contributed by atoms with Crippen molar-refractivity contribution in [1.82, 2.24) is 29.3 Å². The molecule has 1 unspecified atom stereocenters. The van der Waals surface area contributed by atoms with Gasteiger partial charge in [-0.15, -0.1) is 0 Å². The average molecular weight is 820 g/mol. The summed E-state index contributed by atoms with van der Waals surface area (Å²) in [7, 11) is 1.53. The van der Waals surface area contributed by atoms with Crippen molar-refractivity contribution in [3.8, 4) is 5.69 Å². The number of esters is 1. The summed E-state index contributed by atoms with van der Waals surface area (Å²) >= 11 is 0. The zero-order chi connectivity index (χ0) is 42.4. The van der Waals surface area contributed by atoms with Gasteiger partial charge in [-0.25, -0.2) is 27.3 Å². The maximum Gasteiger partial charge on any atom is 0.335 e. The minimum atomic E-state index is -3.15. The number of aromatic nitrogens is 4. The molecule has 0 saturated carbocycles. The highest BCUT2D eigenvalue weighted by Gasteiger charge is 2.41. The predicted octanol–water partition coefficient (Wildman–Crippen LogP) is 4.18. The first-order valence-electron chi connectivity index (χ1n) is 19.6. The van der Waals surface area contributed by atoms with E-state index in [-0.39, 0.29) is 66.2 Å². The molecule has 5 aromatic rings. The van der Waals surface area contributed by atoms with Crippen LogP contribution in [0.1, 0.15) is 42.3 Å². The molecule has 2 aliphatic heterocycles. The third-order valence-electron chi connectivity index (χ3n) is 10.5. The van der Waals surface area contributed by atoms with Crippen molar-refractivity contribution in [2.75, 3.05) is 64.1 Å². The van der Waals surface area contributed by atoms with E-state index in [1.165, 1.54) is 54.2 Å². The normalized spacial score (nSPS) is 16.7. The average Bonchev–Trinajstić information content (AvgIpc) is 3.23. The van der Waals surface area contributed by atoms with E-state index in [4.69, 9.17) is 14.2 Å². The lowest BCUT2D eigenvalue weighted by Crippen LogP contribution is -2.54. The largest absolute Gasteiger partial charge is 0.463 e. The molecule has 3 aromatic heterocycles. The molecule has 2 aromatic carbocycles. The Labute approximate surface area is 338 Å². The minimum Gasteiger partial charge on any atom is -0.463 e. The van der Waals surface area contributed by atoms with E-state index < -0.39 is 46.9 Å². The molecule has 1 N–H and O–H groups in total. The molecular weight excluding hydrogens is 771 g/mol. The first-order valence-corrected chi connectivity index (χ1v) is 19.6. The molecule has 2 atom stereocenters. The smallest absolute Gasteiger partial charge is 0.335 e. The summed E-state index contributed by atoms with van der Waals surface area (Å²) in [6.45, 7) is 9.16. The second-order valence-corrected chi connectivity index (χ2v) is 14.2. The summed E-state index contributed by atoms with van der Waals surface area (Å²) in [6.07, 6.45) is 4.26. The van der Waals surface area contributed by atoms with Crippen LogP contribution in [0.2, 0.25) is 0 Å². The van der Waals surface area contributed by atoms with Gasteiger partial charge in [-0.2, -0.15) is 0 Å². The number of halogens is 3. The topological polar surface area (TPSA) is 150 Å². The second-order valence-electron chi connectivity index (χ2n) is 14.2. The number of hydrogen-bond donors (Lipinski definition) is 1. The van der Waals surface area contributed by atoms with E-state index in [0.29, 0.717) is 49.3 Å². The van der Waals surface area contributed by atoms with Crippen LogP contribution in [0.5, 0.6) is 0 Å². The summed E-state index contributed by atoms with van der Waals surface area (Å²) in [4.78, 5) is 67.0. The third-order valence-corrected chi connectivity index (χ3v) is 10.5. The van der Waals surface area contributed by atoms with Gasteiger partial charge in [-0.05, 0) is 48.4 Å². The number of benzene rings is 2. The first kappa shape index (κ1) is 42.9. The standard InChI is InChI=1S/C40H42F3N7O7.C2H6/c1-24-19-26(49-14-17-56-23-33(49)40(2,42)43)21-29(41)34(24)36(51)46-30(38(53)57-18-13-48-11-15-55-16-12-48)20-25-6-7-31(35-27(25)5-4-9-45-35)50-37(52)28-8-10-44-22-32(28)47(3)39(50)54;1-2/h4-10,19,21-22,30,33H,11-18,20,23H2,1-3H3,(H,46,51);1-2H3/t30?,33-;/m1./s1. The molecule has 14 nitrogen and oxygen atoms in total. The molecule has 17 heteroatoms. The molecule has 7 rings (SSSR count). The lowest BCUT2D eigenvalue weighted by atomic mass is 9.98. The number of carbonyl (C=O) groups is 2. The third kappa shape index (κ3) is 9.16. The highest BCUT2D eigenvalue weighted by atomic mass is 19.3. The Balaban J connectivity index is 0.00000288. The molecule has 59 heavy (non-hydrogen) atoms. The number of amides is 1. The Kier molecular flexibility index (Phi) is 13.5. The number of morpholine rings is 2. The molecule has 0 radical (unpaired) electrons. The highest BCUT2D eigenvalue weighted by Crippen LogP contribution is 2.32. The monoisotopic (exact) mass is 819 g/mol. The van der Waals surface area contributed by atoms with Gasteiger partial charge < -0.3 is 24.4 Å². The Morgan fingerprint density at radius 1 is 1.02 bits per heavy atom. The van der Waals surface area contributed by atoms with Crippen molar-refractivity contribution in [3.63, 3.8) is 0 Å². The van der Waals surface area contributed by atoms with Crippen molar-refractivity contribution in [2.45, 2.75) is 52.1 Å². The van der Waals surface area contributed by atoms with Crippen LogP contribution in [-0.2, 0) is 32.5 Å². The number of hydrogen-bond acceptors (Lipinski definition) is 11. The Hall–Kier alpha value is -5.65. The zero-order valence-corrected chi connectivity index (χ0v) is 33.7. The first-order chi connectivity index (χ1) is 28.3. The van der Waals surface area contributed by atoms with Gasteiger partial charge in [0.2, 0.25) is 0 Å². The van der Waals surface area contributed by atoms with Gasteiger partial charge in [0.15, 0.2) is 0 Å². The number of carbonyl (C=O) groups excluding carboxylic acids is 2. The van der Waals surface area contributed by atoms with Crippen molar-refractivity contribution >= 4 is 39.4 Å². The number of nitrogens with zero attached hydrogens (tertiary/aromatic N) is 6. The van der Waals surface area contributed by atoms with Crippen LogP contribution < -0.4 is 21.5 Å². The predicted molar refractivity (Wildman–Crippen MR) is 216 cm³/mol. The molecule has 314 valence electrons. The second kappa shape index (κ2) is 18.5. The number of ether oxygens (including phenoxy) is 3. The van der Waals surface area contributed by atoms with E-state index in [0.717, 1.165) is 17.6 Å². The van der Waals surface area contributed by atoms with Gasteiger partial charge in [0, 0.05) is 70.0 Å². The van der Waals surface area contributed by atoms with Crippen LogP contribution in [0.3, 0.4) is 0 Å². The zero-order valence-electron chi connectivity index (χ0n) is 33.7. The number of aryl methyl sites for hydroxylation is 2. The van der Waals surface area contributed by atoms with Crippen LogP contribution in [0, 0.1) is 12.7 Å². The minimum absolute atomic E-state index is 0.0149. The van der Waals surface area contributed by atoms with Crippen molar-refractivity contribution < 1.29 is 37.0 Å². The van der Waals surface area contributed by atoms with Crippen molar-refractivity contribution in [2.24, 2.45) is 7.05 Å². The number of rotatable bonds is 11. The maximum absolute atomic E-state index is 15.9. The maximum atomic E-state index is 15.9. The Morgan fingerprint density at radius 2 is 1.76 bits per heavy atom. The van der Waals surface area contributed by atoms with Crippen LogP contribution >= 0.6 is 0 Å². The summed E-state index contributed by atoms with van der Waals surface area (Å²) in [5.74, 6) is -5.79. The van der Waals surface area contributed by atoms with Gasteiger partial charge in [0.1, 0.15) is 24.5 Å². The molecule has 0 aliphatic carbocycles. The molecule has 1 amide bonds. The van der Waals surface area contributed by atoms with Crippen LogP contribution in [-0.4, -0.2) is 113 Å². The highest BCUT2D eigenvalue weighted by molar-refractivity contribution is 5.99. The van der Waals surface area contributed by atoms with E-state index in [2.05, 4.69) is 20.2 Å². The summed E-state index contributed by atoms with van der Waals surface area (Å²) in [6, 6.07) is 7.90. The molecule has 0 spiro atoms. The Morgan fingerprint density at radius 3 is 2.49 bits per heavy atom. The van der Waals surface area contributed by atoms with Crippen molar-refractivity contribution in [3.05, 3.63) is 104 Å². The lowest BCUT2D eigenvalue weighted by molar-refractivity contribution is -0.146. The molecule has 2 saturated heterocycles. The SMILES string of the molecule is CC.Cc1cc(N2CCOC[C@@H]2C(C)(F)F)cc(F)c1C(=O)NC(Cc1ccc(-n2c(=O)c3ccncc3n(C)c2=O)c2ncccc12)C(=O)OCCN1CCOCC1. The van der Waals surface area contributed by atoms with E-state index >= 15 is 4.39 Å².